The van der Waals surface area contributed by atoms with Crippen LogP contribution >= 0.6 is 0 Å². The summed E-state index contributed by atoms with van der Waals surface area (Å²) in [6, 6.07) is 11.9. The second kappa shape index (κ2) is 9.80. The van der Waals surface area contributed by atoms with Crippen LogP contribution in [0.3, 0.4) is 0 Å². The van der Waals surface area contributed by atoms with Crippen LogP contribution in [-0.2, 0) is 16.1 Å². The fourth-order valence-electron chi connectivity index (χ4n) is 2.88. The summed E-state index contributed by atoms with van der Waals surface area (Å²) >= 11 is 0. The Kier molecular flexibility index (Phi) is 7.45. The fourth-order valence-corrected chi connectivity index (χ4v) is 2.88. The molecule has 5 nitrogen and oxygen atoms in total. The van der Waals surface area contributed by atoms with Gasteiger partial charge in [-0.2, -0.15) is 0 Å². The first-order chi connectivity index (χ1) is 12.5. The van der Waals surface area contributed by atoms with E-state index in [0.29, 0.717) is 18.7 Å². The van der Waals surface area contributed by atoms with E-state index < -0.39 is 5.97 Å². The minimum Gasteiger partial charge on any atom is -0.452 e. The predicted octanol–water partition coefficient (Wildman–Crippen LogP) is 3.62. The molecule has 0 aliphatic rings. The molecule has 0 spiro atoms. The molecule has 1 heterocycles. The molecule has 0 unspecified atom stereocenters. The quantitative estimate of drug-likeness (QED) is 0.551. The van der Waals surface area contributed by atoms with Gasteiger partial charge < -0.3 is 14.6 Å². The third kappa shape index (κ3) is 5.48. The van der Waals surface area contributed by atoms with Gasteiger partial charge in [-0.15, -0.1) is 0 Å². The van der Waals surface area contributed by atoms with Gasteiger partial charge in [-0.25, -0.2) is 4.79 Å². The molecule has 2 rings (SSSR count). The van der Waals surface area contributed by atoms with E-state index in [2.05, 4.69) is 28.9 Å². The van der Waals surface area contributed by atoms with Crippen LogP contribution in [0, 0.1) is 13.8 Å². The zero-order valence-corrected chi connectivity index (χ0v) is 15.9. The Balaban J connectivity index is 1.93. The van der Waals surface area contributed by atoms with E-state index in [1.807, 2.05) is 38.1 Å². The highest BCUT2D eigenvalue weighted by atomic mass is 16.5. The van der Waals surface area contributed by atoms with Crippen molar-refractivity contribution in [3.05, 3.63) is 58.9 Å². The van der Waals surface area contributed by atoms with Gasteiger partial charge >= 0.3 is 5.97 Å². The number of ether oxygens (including phenoxy) is 1. The van der Waals surface area contributed by atoms with Gasteiger partial charge in [-0.3, -0.25) is 4.79 Å². The third-order valence-electron chi connectivity index (χ3n) is 4.41. The number of rotatable bonds is 9. The average Bonchev–Trinajstić information content (AvgIpc) is 2.92. The SMILES string of the molecule is CCCCCNC(=O)COC(=O)c1cc(C)n(Cc2ccccc2)c1C. The molecular weight excluding hydrogens is 328 g/mol. The highest BCUT2D eigenvalue weighted by molar-refractivity contribution is 5.92. The van der Waals surface area contributed by atoms with Crippen LogP contribution in [0.25, 0.3) is 0 Å². The van der Waals surface area contributed by atoms with Gasteiger partial charge in [0, 0.05) is 24.5 Å². The standard InChI is InChI=1S/C21H28N2O3/c1-4-5-9-12-22-20(24)15-26-21(25)19-13-16(2)23(17(19)3)14-18-10-7-6-8-11-18/h6-8,10-11,13H,4-5,9,12,14-15H2,1-3H3,(H,22,24). The number of hydrogen-bond donors (Lipinski definition) is 1. The first kappa shape index (κ1) is 19.8. The number of unbranched alkanes of at least 4 members (excludes halogenated alkanes) is 2. The summed E-state index contributed by atoms with van der Waals surface area (Å²) in [6.45, 7) is 7.05. The molecular formula is C21H28N2O3. The number of benzene rings is 1. The molecule has 0 bridgehead atoms. The Morgan fingerprint density at radius 2 is 1.85 bits per heavy atom. The molecule has 0 aliphatic heterocycles. The molecule has 0 radical (unpaired) electrons. The largest absolute Gasteiger partial charge is 0.452 e. The lowest BCUT2D eigenvalue weighted by atomic mass is 10.2. The van der Waals surface area contributed by atoms with E-state index in [4.69, 9.17) is 4.74 Å². The van der Waals surface area contributed by atoms with Crippen molar-refractivity contribution >= 4 is 11.9 Å². The maximum atomic E-state index is 12.3. The summed E-state index contributed by atoms with van der Waals surface area (Å²) in [7, 11) is 0. The van der Waals surface area contributed by atoms with Crippen LogP contribution in [0.4, 0.5) is 0 Å². The number of hydrogen-bond acceptors (Lipinski definition) is 3. The van der Waals surface area contributed by atoms with E-state index in [1.54, 1.807) is 0 Å². The summed E-state index contributed by atoms with van der Waals surface area (Å²) < 4.78 is 7.26. The smallest absolute Gasteiger partial charge is 0.340 e. The number of aryl methyl sites for hydroxylation is 1. The summed E-state index contributed by atoms with van der Waals surface area (Å²) in [5.41, 5.74) is 3.51. The second-order valence-corrected chi connectivity index (χ2v) is 6.49. The zero-order chi connectivity index (χ0) is 18.9. The topological polar surface area (TPSA) is 60.3 Å². The highest BCUT2D eigenvalue weighted by Gasteiger charge is 2.18. The van der Waals surface area contributed by atoms with Crippen molar-refractivity contribution in [1.29, 1.82) is 0 Å². The molecule has 0 fully saturated rings. The van der Waals surface area contributed by atoms with Gasteiger partial charge in [0.15, 0.2) is 6.61 Å². The lowest BCUT2D eigenvalue weighted by Crippen LogP contribution is -2.29. The van der Waals surface area contributed by atoms with Crippen molar-refractivity contribution in [2.45, 2.75) is 46.6 Å². The predicted molar refractivity (Wildman–Crippen MR) is 102 cm³/mol. The molecule has 0 saturated heterocycles. The Morgan fingerprint density at radius 1 is 1.12 bits per heavy atom. The minimum absolute atomic E-state index is 0.243. The fraction of sp³-hybridized carbons (Fsp3) is 0.429. The lowest BCUT2D eigenvalue weighted by Gasteiger charge is -2.10. The molecule has 1 aromatic carbocycles. The van der Waals surface area contributed by atoms with Crippen LogP contribution < -0.4 is 5.32 Å². The van der Waals surface area contributed by atoms with Crippen LogP contribution in [0.2, 0.25) is 0 Å². The lowest BCUT2D eigenvalue weighted by molar-refractivity contribution is -0.124. The van der Waals surface area contributed by atoms with Crippen LogP contribution in [-0.4, -0.2) is 29.6 Å². The molecule has 0 aliphatic carbocycles. The van der Waals surface area contributed by atoms with Crippen LogP contribution in [0.5, 0.6) is 0 Å². The number of carbonyl (C=O) groups is 2. The van der Waals surface area contributed by atoms with E-state index in [9.17, 15) is 9.59 Å². The Bertz CT molecular complexity index is 735. The van der Waals surface area contributed by atoms with Crippen molar-refractivity contribution < 1.29 is 14.3 Å². The molecule has 1 aromatic heterocycles. The molecule has 0 saturated carbocycles. The molecule has 0 atom stereocenters. The zero-order valence-electron chi connectivity index (χ0n) is 15.9. The minimum atomic E-state index is -0.457. The summed E-state index contributed by atoms with van der Waals surface area (Å²) in [6.07, 6.45) is 3.12. The van der Waals surface area contributed by atoms with Gasteiger partial charge in [0.25, 0.3) is 5.91 Å². The second-order valence-electron chi connectivity index (χ2n) is 6.49. The van der Waals surface area contributed by atoms with E-state index >= 15 is 0 Å². The maximum Gasteiger partial charge on any atom is 0.340 e. The molecule has 5 heteroatoms. The van der Waals surface area contributed by atoms with E-state index in [1.165, 1.54) is 5.56 Å². The Labute approximate surface area is 155 Å². The molecule has 26 heavy (non-hydrogen) atoms. The molecule has 1 N–H and O–H groups in total. The van der Waals surface area contributed by atoms with Crippen molar-refractivity contribution in [1.82, 2.24) is 9.88 Å². The van der Waals surface area contributed by atoms with E-state index in [0.717, 1.165) is 30.7 Å². The number of aromatic nitrogens is 1. The van der Waals surface area contributed by atoms with E-state index in [-0.39, 0.29) is 12.5 Å². The van der Waals surface area contributed by atoms with Crippen LogP contribution in [0.1, 0.15) is 53.5 Å². The number of nitrogens with zero attached hydrogens (tertiary/aromatic N) is 1. The summed E-state index contributed by atoms with van der Waals surface area (Å²) in [5.74, 6) is -0.714. The number of carbonyl (C=O) groups excluding carboxylic acids is 2. The third-order valence-corrected chi connectivity index (χ3v) is 4.41. The van der Waals surface area contributed by atoms with Crippen molar-refractivity contribution in [3.8, 4) is 0 Å². The van der Waals surface area contributed by atoms with Gasteiger partial charge in [-0.1, -0.05) is 50.1 Å². The van der Waals surface area contributed by atoms with Crippen molar-refractivity contribution in [3.63, 3.8) is 0 Å². The first-order valence-corrected chi connectivity index (χ1v) is 9.17. The number of nitrogens with one attached hydrogen (secondary N) is 1. The number of esters is 1. The van der Waals surface area contributed by atoms with Gasteiger partial charge in [0.2, 0.25) is 0 Å². The molecule has 2 aromatic rings. The molecule has 1 amide bonds. The number of amides is 1. The van der Waals surface area contributed by atoms with Gasteiger partial charge in [0.05, 0.1) is 5.56 Å². The van der Waals surface area contributed by atoms with Gasteiger partial charge in [-0.05, 0) is 31.9 Å². The average molecular weight is 356 g/mol. The maximum absolute atomic E-state index is 12.3. The van der Waals surface area contributed by atoms with Crippen LogP contribution in [0.15, 0.2) is 36.4 Å². The van der Waals surface area contributed by atoms with Crippen molar-refractivity contribution in [2.24, 2.45) is 0 Å². The monoisotopic (exact) mass is 356 g/mol. The summed E-state index contributed by atoms with van der Waals surface area (Å²) in [4.78, 5) is 24.1. The summed E-state index contributed by atoms with van der Waals surface area (Å²) in [5, 5.41) is 2.77. The van der Waals surface area contributed by atoms with Gasteiger partial charge in [0.1, 0.15) is 0 Å². The normalized spacial score (nSPS) is 10.6. The first-order valence-electron chi connectivity index (χ1n) is 9.17. The highest BCUT2D eigenvalue weighted by Crippen LogP contribution is 2.18. The van der Waals surface area contributed by atoms with Crippen molar-refractivity contribution in [2.75, 3.05) is 13.2 Å². The molecule has 140 valence electrons. The Hall–Kier alpha value is -2.56. The Morgan fingerprint density at radius 3 is 2.54 bits per heavy atom.